The van der Waals surface area contributed by atoms with Crippen LogP contribution in [0.1, 0.15) is 35.4 Å². The van der Waals surface area contributed by atoms with Crippen LogP contribution in [0.15, 0.2) is 24.3 Å². The molecule has 0 bridgehead atoms. The summed E-state index contributed by atoms with van der Waals surface area (Å²) in [5.41, 5.74) is 1.06. The molecule has 1 aromatic carbocycles. The maximum atomic E-state index is 11.2. The van der Waals surface area contributed by atoms with Crippen molar-refractivity contribution in [3.8, 4) is 0 Å². The molecule has 4 heteroatoms. The highest BCUT2D eigenvalue weighted by Gasteiger charge is 2.18. The van der Waals surface area contributed by atoms with Crippen LogP contribution in [0.25, 0.3) is 0 Å². The molecule has 2 atom stereocenters. The van der Waals surface area contributed by atoms with Gasteiger partial charge in [0, 0.05) is 11.4 Å². The molecule has 0 aliphatic carbocycles. The van der Waals surface area contributed by atoms with Gasteiger partial charge in [-0.3, -0.25) is 4.79 Å². The first-order chi connectivity index (χ1) is 7.56. The van der Waals surface area contributed by atoms with Gasteiger partial charge in [-0.05, 0) is 25.0 Å². The Morgan fingerprint density at radius 2 is 2.12 bits per heavy atom. The van der Waals surface area contributed by atoms with Crippen LogP contribution in [0.5, 0.6) is 0 Å². The number of carbonyl (C=O) groups excluding carboxylic acids is 1. The minimum absolute atomic E-state index is 0.0686. The molecule has 88 valence electrons. The topological polar surface area (TPSA) is 57.5 Å². The highest BCUT2D eigenvalue weighted by atomic mass is 35.5. The highest BCUT2D eigenvalue weighted by Crippen LogP contribution is 2.20. The average Bonchev–Trinajstić information content (AvgIpc) is 2.28. The molecule has 0 saturated carbocycles. The lowest BCUT2D eigenvalue weighted by atomic mass is 9.99. The molecule has 1 aromatic rings. The third kappa shape index (κ3) is 3.30. The molecule has 0 spiro atoms. The number of rotatable bonds is 5. The van der Waals surface area contributed by atoms with Crippen molar-refractivity contribution in [2.75, 3.05) is 5.88 Å². The monoisotopic (exact) mass is 242 g/mol. The number of hydrogen-bond donors (Lipinski definition) is 2. The Morgan fingerprint density at radius 1 is 1.44 bits per heavy atom. The lowest BCUT2D eigenvalue weighted by molar-refractivity contribution is 0.0169. The fourth-order valence-corrected chi connectivity index (χ4v) is 1.66. The molecule has 0 aromatic heterocycles. The summed E-state index contributed by atoms with van der Waals surface area (Å²) in [5.74, 6) is 0.214. The zero-order valence-electron chi connectivity index (χ0n) is 9.06. The lowest BCUT2D eigenvalue weighted by Crippen LogP contribution is -2.18. The number of carbonyl (C=O) groups is 1. The van der Waals surface area contributed by atoms with Gasteiger partial charge in [0.2, 0.25) is 0 Å². The Morgan fingerprint density at radius 3 is 2.69 bits per heavy atom. The maximum Gasteiger partial charge on any atom is 0.159 e. The lowest BCUT2D eigenvalue weighted by Gasteiger charge is -2.17. The van der Waals surface area contributed by atoms with Gasteiger partial charge in [-0.15, -0.1) is 11.6 Å². The first kappa shape index (κ1) is 13.2. The van der Waals surface area contributed by atoms with Crippen LogP contribution in [-0.4, -0.2) is 28.0 Å². The van der Waals surface area contributed by atoms with Gasteiger partial charge in [0.15, 0.2) is 5.78 Å². The van der Waals surface area contributed by atoms with Crippen LogP contribution in [0, 0.1) is 0 Å². The summed E-state index contributed by atoms with van der Waals surface area (Å²) in [7, 11) is 0. The van der Waals surface area contributed by atoms with Crippen molar-refractivity contribution in [1.82, 2.24) is 0 Å². The van der Waals surface area contributed by atoms with Gasteiger partial charge in [-0.25, -0.2) is 0 Å². The van der Waals surface area contributed by atoms with E-state index in [0.29, 0.717) is 17.5 Å². The van der Waals surface area contributed by atoms with Gasteiger partial charge in [-0.2, -0.15) is 0 Å². The van der Waals surface area contributed by atoms with Crippen LogP contribution in [-0.2, 0) is 0 Å². The number of Topliss-reactive ketones (excluding diaryl/α,β-unsaturated/α-hetero) is 1. The molecule has 1 rings (SSSR count). The minimum atomic E-state index is -1.00. The number of hydrogen-bond acceptors (Lipinski definition) is 3. The highest BCUT2D eigenvalue weighted by molar-refractivity contribution is 6.17. The Balaban J connectivity index is 2.86. The normalized spacial score (nSPS) is 14.5. The zero-order valence-corrected chi connectivity index (χ0v) is 9.81. The van der Waals surface area contributed by atoms with Crippen LogP contribution < -0.4 is 0 Å². The van der Waals surface area contributed by atoms with E-state index in [4.69, 9.17) is 11.6 Å². The van der Waals surface area contributed by atoms with Gasteiger partial charge in [-0.1, -0.05) is 18.2 Å². The van der Waals surface area contributed by atoms with Crippen molar-refractivity contribution >= 4 is 17.4 Å². The third-order valence-corrected chi connectivity index (χ3v) is 2.62. The third-order valence-electron chi connectivity index (χ3n) is 2.40. The van der Waals surface area contributed by atoms with Gasteiger partial charge in [0.25, 0.3) is 0 Å². The molecule has 16 heavy (non-hydrogen) atoms. The van der Waals surface area contributed by atoms with E-state index in [2.05, 4.69) is 0 Å². The Hall–Kier alpha value is -0.900. The van der Waals surface area contributed by atoms with E-state index in [-0.39, 0.29) is 11.7 Å². The number of aliphatic hydroxyl groups excluding tert-OH is 2. The van der Waals surface area contributed by atoms with Gasteiger partial charge < -0.3 is 10.2 Å². The second kappa shape index (κ2) is 5.99. The Labute approximate surface area is 99.7 Å². The molecule has 3 nitrogen and oxygen atoms in total. The second-order valence-electron chi connectivity index (χ2n) is 3.67. The van der Waals surface area contributed by atoms with Crippen LogP contribution in [0.3, 0.4) is 0 Å². The molecular weight excluding hydrogens is 228 g/mol. The van der Waals surface area contributed by atoms with E-state index in [1.54, 1.807) is 24.3 Å². The number of ketones is 1. The van der Waals surface area contributed by atoms with E-state index in [9.17, 15) is 15.0 Å². The summed E-state index contributed by atoms with van der Waals surface area (Å²) in [5, 5.41) is 19.4. The van der Waals surface area contributed by atoms with Gasteiger partial charge in [0.1, 0.15) is 6.10 Å². The summed E-state index contributed by atoms with van der Waals surface area (Å²) in [6.45, 7) is 1.46. The van der Waals surface area contributed by atoms with E-state index in [0.717, 1.165) is 0 Å². The van der Waals surface area contributed by atoms with Crippen molar-refractivity contribution in [3.05, 3.63) is 35.4 Å². The maximum absolute atomic E-state index is 11.2. The molecule has 0 fully saturated rings. The predicted octanol–water partition coefficient (Wildman–Crippen LogP) is 1.91. The molecule has 0 heterocycles. The van der Waals surface area contributed by atoms with Crippen LogP contribution >= 0.6 is 11.6 Å². The Bertz CT molecular complexity index is 365. The number of aliphatic hydroxyl groups is 2. The summed E-state index contributed by atoms with van der Waals surface area (Å²) in [6.07, 6.45) is -1.59. The standard InChI is InChI=1S/C12H15ClO3/c1-8(14)9-3-2-4-10(7-9)12(16)11(15)5-6-13/h2-4,7,11-12,15-16H,5-6H2,1H3. The van der Waals surface area contributed by atoms with Gasteiger partial charge >= 0.3 is 0 Å². The van der Waals surface area contributed by atoms with E-state index < -0.39 is 12.2 Å². The average molecular weight is 243 g/mol. The molecular formula is C12H15ClO3. The van der Waals surface area contributed by atoms with Crippen molar-refractivity contribution in [1.29, 1.82) is 0 Å². The van der Waals surface area contributed by atoms with E-state index in [1.807, 2.05) is 0 Å². The zero-order chi connectivity index (χ0) is 12.1. The van der Waals surface area contributed by atoms with Gasteiger partial charge in [0.05, 0.1) is 6.10 Å². The smallest absolute Gasteiger partial charge is 0.159 e. The van der Waals surface area contributed by atoms with E-state index >= 15 is 0 Å². The summed E-state index contributed by atoms with van der Waals surface area (Å²) >= 11 is 5.48. The minimum Gasteiger partial charge on any atom is -0.390 e. The molecule has 2 unspecified atom stereocenters. The molecule has 0 aliphatic rings. The van der Waals surface area contributed by atoms with Crippen molar-refractivity contribution in [2.24, 2.45) is 0 Å². The molecule has 0 aliphatic heterocycles. The van der Waals surface area contributed by atoms with Crippen molar-refractivity contribution < 1.29 is 15.0 Å². The largest absolute Gasteiger partial charge is 0.390 e. The first-order valence-corrected chi connectivity index (χ1v) is 5.62. The number of halogens is 1. The molecule has 0 radical (unpaired) electrons. The second-order valence-corrected chi connectivity index (χ2v) is 4.05. The van der Waals surface area contributed by atoms with Crippen molar-refractivity contribution in [3.63, 3.8) is 0 Å². The Kier molecular flexibility index (Phi) is 4.93. The summed E-state index contributed by atoms with van der Waals surface area (Å²) in [6, 6.07) is 6.62. The quantitative estimate of drug-likeness (QED) is 0.613. The summed E-state index contributed by atoms with van der Waals surface area (Å²) in [4.78, 5) is 11.2. The van der Waals surface area contributed by atoms with Crippen LogP contribution in [0.2, 0.25) is 0 Å². The first-order valence-electron chi connectivity index (χ1n) is 5.09. The fourth-order valence-electron chi connectivity index (χ4n) is 1.43. The SMILES string of the molecule is CC(=O)c1cccc(C(O)C(O)CCCl)c1. The predicted molar refractivity (Wildman–Crippen MR) is 62.8 cm³/mol. The van der Waals surface area contributed by atoms with Crippen molar-refractivity contribution in [2.45, 2.75) is 25.6 Å². The summed E-state index contributed by atoms with van der Waals surface area (Å²) < 4.78 is 0. The molecule has 0 saturated heterocycles. The number of alkyl halides is 1. The molecule has 0 amide bonds. The van der Waals surface area contributed by atoms with E-state index in [1.165, 1.54) is 6.92 Å². The van der Waals surface area contributed by atoms with Crippen LogP contribution in [0.4, 0.5) is 0 Å². The molecule has 2 N–H and O–H groups in total. The number of benzene rings is 1. The fraction of sp³-hybridized carbons (Fsp3) is 0.417.